The lowest BCUT2D eigenvalue weighted by Gasteiger charge is -2.38. The number of carbonyl (C=O) groups is 1. The molecule has 2 aliphatic rings. The highest BCUT2D eigenvalue weighted by Gasteiger charge is 2.37. The average molecular weight is 302 g/mol. The second-order valence-corrected chi connectivity index (χ2v) is 8.56. The molecule has 0 radical (unpaired) electrons. The van der Waals surface area contributed by atoms with Crippen molar-refractivity contribution in [2.45, 2.75) is 56.5 Å². The van der Waals surface area contributed by atoms with Crippen molar-refractivity contribution >= 4 is 15.7 Å². The lowest BCUT2D eigenvalue weighted by atomic mass is 9.79. The Kier molecular flexibility index (Phi) is 4.74. The first kappa shape index (κ1) is 15.8. The minimum Gasteiger partial charge on any atom is -0.342 e. The zero-order chi connectivity index (χ0) is 14.8. The third-order valence-corrected chi connectivity index (χ3v) is 6.73. The fourth-order valence-corrected chi connectivity index (χ4v) is 5.22. The zero-order valence-corrected chi connectivity index (χ0v) is 13.3. The highest BCUT2D eigenvalue weighted by Crippen LogP contribution is 2.31. The molecule has 116 valence electrons. The van der Waals surface area contributed by atoms with Crippen LogP contribution in [0.1, 0.15) is 44.9 Å². The van der Waals surface area contributed by atoms with Crippen LogP contribution in [0.25, 0.3) is 0 Å². The Balaban J connectivity index is 1.97. The first-order valence-electron chi connectivity index (χ1n) is 7.52. The summed E-state index contributed by atoms with van der Waals surface area (Å²) in [5.41, 5.74) is -0.0823. The highest BCUT2D eigenvalue weighted by atomic mass is 32.2. The normalized spacial score (nSPS) is 28.2. The largest absolute Gasteiger partial charge is 0.342 e. The van der Waals surface area contributed by atoms with E-state index >= 15 is 0 Å². The third kappa shape index (κ3) is 3.52. The Hall–Kier alpha value is -0.620. The SMILES string of the molecule is CNC1(CC(=O)N(C)C2CCS(=O)(=O)C2)CCCCC1. The molecule has 1 heterocycles. The Morgan fingerprint density at radius 3 is 2.45 bits per heavy atom. The van der Waals surface area contributed by atoms with Crippen LogP contribution in [0.4, 0.5) is 0 Å². The molecule has 1 saturated carbocycles. The quantitative estimate of drug-likeness (QED) is 0.839. The van der Waals surface area contributed by atoms with Gasteiger partial charge >= 0.3 is 0 Å². The van der Waals surface area contributed by atoms with Crippen LogP contribution < -0.4 is 5.32 Å². The molecule has 5 nitrogen and oxygen atoms in total. The molecular formula is C14H26N2O3S. The van der Waals surface area contributed by atoms with Crippen LogP contribution in [0.3, 0.4) is 0 Å². The van der Waals surface area contributed by atoms with Gasteiger partial charge in [-0.05, 0) is 26.3 Å². The number of nitrogens with zero attached hydrogens (tertiary/aromatic N) is 1. The Labute approximate surface area is 122 Å². The molecule has 0 aromatic carbocycles. The summed E-state index contributed by atoms with van der Waals surface area (Å²) in [4.78, 5) is 14.1. The maximum Gasteiger partial charge on any atom is 0.224 e. The van der Waals surface area contributed by atoms with Crippen LogP contribution in [0.15, 0.2) is 0 Å². The van der Waals surface area contributed by atoms with Crippen molar-refractivity contribution in [3.05, 3.63) is 0 Å². The lowest BCUT2D eigenvalue weighted by molar-refractivity contribution is -0.133. The van der Waals surface area contributed by atoms with E-state index in [1.165, 1.54) is 6.42 Å². The topological polar surface area (TPSA) is 66.5 Å². The van der Waals surface area contributed by atoms with E-state index in [1.807, 2.05) is 7.05 Å². The summed E-state index contributed by atoms with van der Waals surface area (Å²) in [7, 11) is 0.742. The van der Waals surface area contributed by atoms with Crippen LogP contribution in [0, 0.1) is 0 Å². The second kappa shape index (κ2) is 6.02. The van der Waals surface area contributed by atoms with Crippen molar-refractivity contribution in [3.8, 4) is 0 Å². The molecule has 1 saturated heterocycles. The monoisotopic (exact) mass is 302 g/mol. The zero-order valence-electron chi connectivity index (χ0n) is 12.5. The van der Waals surface area contributed by atoms with Crippen molar-refractivity contribution in [1.29, 1.82) is 0 Å². The Bertz CT molecular complexity index is 455. The van der Waals surface area contributed by atoms with Gasteiger partial charge in [0, 0.05) is 25.0 Å². The predicted octanol–water partition coefficient (Wildman–Crippen LogP) is 0.944. The summed E-state index contributed by atoms with van der Waals surface area (Å²) in [6.45, 7) is 0. The van der Waals surface area contributed by atoms with Gasteiger partial charge < -0.3 is 10.2 Å². The number of sulfone groups is 1. The van der Waals surface area contributed by atoms with Crippen LogP contribution in [0.2, 0.25) is 0 Å². The summed E-state index contributed by atoms with van der Waals surface area (Å²) in [6.07, 6.45) is 6.70. The summed E-state index contributed by atoms with van der Waals surface area (Å²) in [6, 6.07) is -0.134. The smallest absolute Gasteiger partial charge is 0.224 e. The van der Waals surface area contributed by atoms with E-state index in [1.54, 1.807) is 11.9 Å². The molecule has 1 N–H and O–H groups in total. The van der Waals surface area contributed by atoms with E-state index in [0.717, 1.165) is 25.7 Å². The van der Waals surface area contributed by atoms with E-state index < -0.39 is 9.84 Å². The molecule has 1 atom stereocenters. The van der Waals surface area contributed by atoms with Crippen LogP contribution in [-0.4, -0.2) is 56.4 Å². The van der Waals surface area contributed by atoms with Gasteiger partial charge in [-0.15, -0.1) is 0 Å². The van der Waals surface area contributed by atoms with Crippen molar-refractivity contribution in [3.63, 3.8) is 0 Å². The van der Waals surface area contributed by atoms with E-state index in [2.05, 4.69) is 5.32 Å². The molecule has 6 heteroatoms. The molecule has 0 aromatic rings. The van der Waals surface area contributed by atoms with Gasteiger partial charge in [0.1, 0.15) is 0 Å². The standard InChI is InChI=1S/C14H26N2O3S/c1-15-14(7-4-3-5-8-14)10-13(17)16(2)12-6-9-20(18,19)11-12/h12,15H,3-11H2,1-2H3. The van der Waals surface area contributed by atoms with Crippen molar-refractivity contribution in [2.24, 2.45) is 0 Å². The molecule has 1 amide bonds. The molecule has 20 heavy (non-hydrogen) atoms. The first-order valence-corrected chi connectivity index (χ1v) is 9.35. The number of carbonyl (C=O) groups excluding carboxylic acids is 1. The van der Waals surface area contributed by atoms with E-state index in [9.17, 15) is 13.2 Å². The second-order valence-electron chi connectivity index (χ2n) is 6.33. The van der Waals surface area contributed by atoms with Crippen molar-refractivity contribution in [2.75, 3.05) is 25.6 Å². The maximum absolute atomic E-state index is 12.5. The van der Waals surface area contributed by atoms with Crippen LogP contribution in [0.5, 0.6) is 0 Å². The van der Waals surface area contributed by atoms with E-state index in [-0.39, 0.29) is 29.0 Å². The number of hydrogen-bond donors (Lipinski definition) is 1. The van der Waals surface area contributed by atoms with Crippen molar-refractivity contribution < 1.29 is 13.2 Å². The summed E-state index contributed by atoms with van der Waals surface area (Å²) in [5.74, 6) is 0.414. The van der Waals surface area contributed by atoms with Crippen LogP contribution >= 0.6 is 0 Å². The molecule has 0 spiro atoms. The highest BCUT2D eigenvalue weighted by molar-refractivity contribution is 7.91. The molecule has 0 bridgehead atoms. The molecule has 2 fully saturated rings. The number of nitrogens with one attached hydrogen (secondary N) is 1. The van der Waals surface area contributed by atoms with Gasteiger partial charge in [-0.2, -0.15) is 0 Å². The minimum absolute atomic E-state index is 0.0725. The molecule has 1 unspecified atom stereocenters. The number of amides is 1. The maximum atomic E-state index is 12.5. The molecule has 0 aromatic heterocycles. The van der Waals surface area contributed by atoms with Gasteiger partial charge in [0.05, 0.1) is 11.5 Å². The molecule has 2 rings (SSSR count). The fourth-order valence-electron chi connectivity index (χ4n) is 3.44. The first-order chi connectivity index (χ1) is 9.37. The summed E-state index contributed by atoms with van der Waals surface area (Å²) in [5, 5.41) is 3.34. The Morgan fingerprint density at radius 1 is 1.30 bits per heavy atom. The average Bonchev–Trinajstić information content (AvgIpc) is 2.79. The van der Waals surface area contributed by atoms with Gasteiger partial charge in [-0.1, -0.05) is 19.3 Å². The number of hydrogen-bond acceptors (Lipinski definition) is 4. The number of rotatable bonds is 4. The van der Waals surface area contributed by atoms with Gasteiger partial charge in [0.25, 0.3) is 0 Å². The fraction of sp³-hybridized carbons (Fsp3) is 0.929. The van der Waals surface area contributed by atoms with E-state index in [0.29, 0.717) is 12.8 Å². The van der Waals surface area contributed by atoms with Crippen molar-refractivity contribution in [1.82, 2.24) is 10.2 Å². The lowest BCUT2D eigenvalue weighted by Crippen LogP contribution is -2.50. The van der Waals surface area contributed by atoms with Gasteiger partial charge in [-0.25, -0.2) is 8.42 Å². The molecular weight excluding hydrogens is 276 g/mol. The predicted molar refractivity (Wildman–Crippen MR) is 79.3 cm³/mol. The Morgan fingerprint density at radius 2 is 1.95 bits per heavy atom. The van der Waals surface area contributed by atoms with Gasteiger partial charge in [0.2, 0.25) is 5.91 Å². The summed E-state index contributed by atoms with van der Waals surface area (Å²) < 4.78 is 23.1. The molecule has 1 aliphatic heterocycles. The third-order valence-electron chi connectivity index (χ3n) is 4.98. The van der Waals surface area contributed by atoms with Gasteiger partial charge in [0.15, 0.2) is 9.84 Å². The summed E-state index contributed by atoms with van der Waals surface area (Å²) >= 11 is 0. The molecule has 1 aliphatic carbocycles. The minimum atomic E-state index is -2.94. The van der Waals surface area contributed by atoms with Gasteiger partial charge in [-0.3, -0.25) is 4.79 Å². The van der Waals surface area contributed by atoms with E-state index in [4.69, 9.17) is 0 Å². The van der Waals surface area contributed by atoms with Crippen LogP contribution in [-0.2, 0) is 14.6 Å².